The summed E-state index contributed by atoms with van der Waals surface area (Å²) in [5.41, 5.74) is 4.03. The molecule has 1 saturated carbocycles. The van der Waals surface area contributed by atoms with E-state index in [2.05, 4.69) is 40.3 Å². The van der Waals surface area contributed by atoms with E-state index in [0.29, 0.717) is 11.4 Å². The monoisotopic (exact) mass is 515 g/mol. The van der Waals surface area contributed by atoms with Crippen molar-refractivity contribution in [2.24, 2.45) is 5.14 Å². The number of pyridine rings is 2. The minimum atomic E-state index is -3.13. The summed E-state index contributed by atoms with van der Waals surface area (Å²) in [6, 6.07) is 16.3. The molecule has 1 aliphatic carbocycles. The number of aromatic nitrogens is 2. The number of fused-ring (bicyclic) bond motifs is 1. The molecule has 5 rings (SSSR count). The van der Waals surface area contributed by atoms with Gasteiger partial charge in [0.25, 0.3) is 0 Å². The lowest BCUT2D eigenvalue weighted by Gasteiger charge is -2.10. The van der Waals surface area contributed by atoms with Crippen LogP contribution >= 0.6 is 22.9 Å². The maximum absolute atomic E-state index is 10.2. The number of sulfonamides is 1. The predicted molar refractivity (Wildman–Crippen MR) is 139 cm³/mol. The molecule has 0 amide bonds. The van der Waals surface area contributed by atoms with Crippen molar-refractivity contribution < 1.29 is 13.5 Å². The first-order chi connectivity index (χ1) is 16.3. The fourth-order valence-electron chi connectivity index (χ4n) is 3.52. The lowest BCUT2D eigenvalue weighted by molar-refractivity contribution is 0.273. The van der Waals surface area contributed by atoms with Gasteiger partial charge in [-0.2, -0.15) is 0 Å². The molecule has 1 aromatic carbocycles. The second-order valence-electron chi connectivity index (χ2n) is 8.39. The first-order valence-electron chi connectivity index (χ1n) is 11.0. The zero-order valence-electron chi connectivity index (χ0n) is 18.7. The molecule has 1 atom stereocenters. The Hall–Kier alpha value is -2.36. The van der Waals surface area contributed by atoms with Gasteiger partial charge in [-0.05, 0) is 54.1 Å². The molecule has 0 saturated heterocycles. The van der Waals surface area contributed by atoms with Crippen LogP contribution in [0.15, 0.2) is 60.9 Å². The van der Waals surface area contributed by atoms with Gasteiger partial charge >= 0.3 is 0 Å². The molecule has 0 aliphatic heterocycles. The van der Waals surface area contributed by atoms with Gasteiger partial charge < -0.3 is 5.11 Å². The third-order valence-corrected chi connectivity index (χ3v) is 8.59. The second kappa shape index (κ2) is 10.5. The Kier molecular flexibility index (Phi) is 7.64. The van der Waals surface area contributed by atoms with Crippen LogP contribution in [-0.2, 0) is 16.4 Å². The van der Waals surface area contributed by atoms with Crippen LogP contribution in [0.1, 0.15) is 41.8 Å². The average Bonchev–Trinajstić information content (AvgIpc) is 3.61. The number of aliphatic hydroxyl groups excluding tert-OH is 1. The SMILES string of the molecule is C[C@H](CO)c1ccnc(-c2cccc3cc(Cc4ncccc4Cl)sc23)c1.NS(=O)(=O)C1CC1. The van der Waals surface area contributed by atoms with Crippen molar-refractivity contribution in [1.29, 1.82) is 0 Å². The summed E-state index contributed by atoms with van der Waals surface area (Å²) in [7, 11) is -3.13. The Morgan fingerprint density at radius 1 is 1.15 bits per heavy atom. The van der Waals surface area contributed by atoms with Gasteiger partial charge in [0.1, 0.15) is 0 Å². The van der Waals surface area contributed by atoms with Crippen molar-refractivity contribution in [3.05, 3.63) is 82.1 Å². The van der Waals surface area contributed by atoms with Crippen LogP contribution in [0.2, 0.25) is 5.02 Å². The van der Waals surface area contributed by atoms with Gasteiger partial charge in [0, 0.05) is 46.5 Å². The highest BCUT2D eigenvalue weighted by atomic mass is 35.5. The van der Waals surface area contributed by atoms with Gasteiger partial charge in [0.15, 0.2) is 0 Å². The number of halogens is 1. The predicted octanol–water partition coefficient (Wildman–Crippen LogP) is 5.14. The van der Waals surface area contributed by atoms with Crippen molar-refractivity contribution in [2.45, 2.75) is 37.4 Å². The Balaban J connectivity index is 0.000000336. The van der Waals surface area contributed by atoms with Crippen molar-refractivity contribution >= 4 is 43.0 Å². The third kappa shape index (κ3) is 6.00. The fraction of sp³-hybridized carbons (Fsp3) is 0.280. The fourth-order valence-corrected chi connectivity index (χ4v) is 5.69. The van der Waals surface area contributed by atoms with E-state index in [9.17, 15) is 13.5 Å². The topological polar surface area (TPSA) is 106 Å². The number of nitrogens with two attached hydrogens (primary N) is 1. The maximum atomic E-state index is 10.2. The van der Waals surface area contributed by atoms with E-state index in [1.165, 1.54) is 15.0 Å². The Morgan fingerprint density at radius 3 is 2.59 bits per heavy atom. The summed E-state index contributed by atoms with van der Waals surface area (Å²) in [5.74, 6) is 0.0937. The molecule has 0 spiro atoms. The molecule has 1 fully saturated rings. The number of hydrogen-bond donors (Lipinski definition) is 2. The van der Waals surface area contributed by atoms with Crippen LogP contribution in [0.3, 0.4) is 0 Å². The molecule has 9 heteroatoms. The lowest BCUT2D eigenvalue weighted by atomic mass is 10.0. The van der Waals surface area contributed by atoms with Crippen LogP contribution in [0, 0.1) is 0 Å². The van der Waals surface area contributed by atoms with Gasteiger partial charge in [-0.25, -0.2) is 13.6 Å². The summed E-state index contributed by atoms with van der Waals surface area (Å²) >= 11 is 8.03. The van der Waals surface area contributed by atoms with Crippen LogP contribution in [0.4, 0.5) is 0 Å². The number of hydrogen-bond acceptors (Lipinski definition) is 6. The molecule has 34 heavy (non-hydrogen) atoms. The van der Waals surface area contributed by atoms with Gasteiger partial charge in [-0.3, -0.25) is 9.97 Å². The molecule has 0 radical (unpaired) electrons. The summed E-state index contributed by atoms with van der Waals surface area (Å²) in [6.07, 6.45) is 5.83. The smallest absolute Gasteiger partial charge is 0.211 e. The normalized spacial score (nSPS) is 14.5. The number of aliphatic hydroxyl groups is 1. The van der Waals surface area contributed by atoms with Gasteiger partial charge in [-0.15, -0.1) is 11.3 Å². The van der Waals surface area contributed by atoms with Crippen molar-refractivity contribution in [3.63, 3.8) is 0 Å². The first kappa shape index (κ1) is 24.8. The molecular formula is C25H26ClN3O3S2. The average molecular weight is 516 g/mol. The van der Waals surface area contributed by atoms with Crippen molar-refractivity contribution in [3.8, 4) is 11.3 Å². The standard InChI is InChI=1S/C22H19ClN2OS.C3H7NO2S/c1-14(13-26)15-7-9-25-20(11-15)18-5-2-4-16-10-17(27-22(16)18)12-21-19(23)6-3-8-24-21;4-7(5,6)3-1-2-3/h2-11,14,26H,12-13H2,1H3;3H,1-2H2,(H2,4,5,6)/t14-;/m1./s1. The number of primary sulfonamides is 1. The molecule has 6 nitrogen and oxygen atoms in total. The van der Waals surface area contributed by atoms with E-state index < -0.39 is 10.0 Å². The Labute approximate surface area is 208 Å². The van der Waals surface area contributed by atoms with Crippen LogP contribution in [-0.4, -0.2) is 35.3 Å². The van der Waals surface area contributed by atoms with Gasteiger partial charge in [0.05, 0.1) is 21.7 Å². The zero-order valence-corrected chi connectivity index (χ0v) is 21.1. The number of nitrogens with zero attached hydrogens (tertiary/aromatic N) is 2. The van der Waals surface area contributed by atoms with Crippen molar-refractivity contribution in [1.82, 2.24) is 9.97 Å². The van der Waals surface area contributed by atoms with Crippen LogP contribution in [0.25, 0.3) is 21.3 Å². The van der Waals surface area contributed by atoms with Crippen molar-refractivity contribution in [2.75, 3.05) is 6.61 Å². The minimum absolute atomic E-state index is 0.0937. The third-order valence-electron chi connectivity index (χ3n) is 5.66. The van der Waals surface area contributed by atoms with E-state index in [0.717, 1.165) is 35.4 Å². The van der Waals surface area contributed by atoms with Gasteiger partial charge in [0.2, 0.25) is 10.0 Å². The summed E-state index contributed by atoms with van der Waals surface area (Å²) < 4.78 is 21.6. The van der Waals surface area contributed by atoms with Crippen LogP contribution < -0.4 is 5.14 Å². The molecule has 0 bridgehead atoms. The first-order valence-corrected chi connectivity index (χ1v) is 13.8. The lowest BCUT2D eigenvalue weighted by Crippen LogP contribution is -2.16. The molecular weight excluding hydrogens is 490 g/mol. The molecule has 0 unspecified atom stereocenters. The maximum Gasteiger partial charge on any atom is 0.211 e. The summed E-state index contributed by atoms with van der Waals surface area (Å²) in [6.45, 7) is 2.14. The highest BCUT2D eigenvalue weighted by Crippen LogP contribution is 2.36. The summed E-state index contributed by atoms with van der Waals surface area (Å²) in [4.78, 5) is 10.2. The number of rotatable bonds is 6. The Bertz CT molecular complexity index is 1400. The highest BCUT2D eigenvalue weighted by Gasteiger charge is 2.32. The van der Waals surface area contributed by atoms with E-state index >= 15 is 0 Å². The van der Waals surface area contributed by atoms with E-state index in [1.807, 2.05) is 31.3 Å². The number of benzene rings is 1. The molecule has 4 aromatic rings. The Morgan fingerprint density at radius 2 is 1.94 bits per heavy atom. The van der Waals surface area contributed by atoms with E-state index in [4.69, 9.17) is 16.7 Å². The molecule has 1 aliphatic rings. The van der Waals surface area contributed by atoms with Crippen LogP contribution in [0.5, 0.6) is 0 Å². The zero-order chi connectivity index (χ0) is 24.3. The molecule has 3 N–H and O–H groups in total. The van der Waals surface area contributed by atoms with E-state index in [1.54, 1.807) is 17.5 Å². The molecule has 3 heterocycles. The minimum Gasteiger partial charge on any atom is -0.396 e. The quantitative estimate of drug-likeness (QED) is 0.370. The van der Waals surface area contributed by atoms with E-state index in [-0.39, 0.29) is 17.8 Å². The molecule has 3 aromatic heterocycles. The second-order valence-corrected chi connectivity index (χ2v) is 11.8. The molecule has 178 valence electrons. The highest BCUT2D eigenvalue weighted by molar-refractivity contribution is 7.90. The number of thiophene rings is 1. The summed E-state index contributed by atoms with van der Waals surface area (Å²) in [5, 5.41) is 15.9. The van der Waals surface area contributed by atoms with Gasteiger partial charge in [-0.1, -0.05) is 36.7 Å². The largest absolute Gasteiger partial charge is 0.396 e.